The van der Waals surface area contributed by atoms with Crippen LogP contribution in [0.25, 0.3) is 0 Å². The zero-order valence-electron chi connectivity index (χ0n) is 9.30. The molecule has 1 aromatic carbocycles. The van der Waals surface area contributed by atoms with Gasteiger partial charge in [-0.05, 0) is 24.5 Å². The van der Waals surface area contributed by atoms with Gasteiger partial charge in [0.25, 0.3) is 0 Å². The molecular formula is C12H14F2N2. The number of rotatable bonds is 4. The number of halogens is 2. The van der Waals surface area contributed by atoms with Gasteiger partial charge in [-0.1, -0.05) is 19.9 Å². The third-order valence-corrected chi connectivity index (χ3v) is 2.14. The van der Waals surface area contributed by atoms with E-state index in [1.165, 1.54) is 6.07 Å². The number of nitriles is 1. The van der Waals surface area contributed by atoms with E-state index in [2.05, 4.69) is 5.32 Å². The normalized spacial score (nSPS) is 12.2. The monoisotopic (exact) mass is 224 g/mol. The van der Waals surface area contributed by atoms with Crippen molar-refractivity contribution in [3.63, 3.8) is 0 Å². The van der Waals surface area contributed by atoms with Crippen LogP contribution in [0.3, 0.4) is 0 Å². The van der Waals surface area contributed by atoms with Crippen LogP contribution in [-0.4, -0.2) is 6.04 Å². The van der Waals surface area contributed by atoms with Gasteiger partial charge in [0.2, 0.25) is 0 Å². The summed E-state index contributed by atoms with van der Waals surface area (Å²) >= 11 is 0. The Morgan fingerprint density at radius 2 is 1.88 bits per heavy atom. The Morgan fingerprint density at radius 3 is 2.31 bits per heavy atom. The van der Waals surface area contributed by atoms with Crippen molar-refractivity contribution in [3.8, 4) is 6.07 Å². The summed E-state index contributed by atoms with van der Waals surface area (Å²) in [6.07, 6.45) is 0.546. The SMILES string of the molecule is CC(C)CC(C#N)Nc1c(F)cccc1F. The third-order valence-electron chi connectivity index (χ3n) is 2.14. The largest absolute Gasteiger partial charge is 0.365 e. The van der Waals surface area contributed by atoms with E-state index in [4.69, 9.17) is 5.26 Å². The second-order valence-corrected chi connectivity index (χ2v) is 4.05. The van der Waals surface area contributed by atoms with E-state index >= 15 is 0 Å². The second-order valence-electron chi connectivity index (χ2n) is 4.05. The lowest BCUT2D eigenvalue weighted by Gasteiger charge is -2.15. The molecular weight excluding hydrogens is 210 g/mol. The smallest absolute Gasteiger partial charge is 0.149 e. The lowest BCUT2D eigenvalue weighted by molar-refractivity contribution is 0.552. The van der Waals surface area contributed by atoms with Gasteiger partial charge in [0.15, 0.2) is 0 Å². The molecule has 4 heteroatoms. The Bertz CT molecular complexity index is 376. The molecule has 2 nitrogen and oxygen atoms in total. The molecule has 1 aromatic rings. The van der Waals surface area contributed by atoms with Gasteiger partial charge in [-0.2, -0.15) is 5.26 Å². The predicted octanol–water partition coefficient (Wildman–Crippen LogP) is 3.31. The van der Waals surface area contributed by atoms with Crippen LogP contribution >= 0.6 is 0 Å². The third kappa shape index (κ3) is 3.20. The molecule has 0 heterocycles. The highest BCUT2D eigenvalue weighted by molar-refractivity contribution is 5.47. The maximum Gasteiger partial charge on any atom is 0.149 e. The fourth-order valence-electron chi connectivity index (χ4n) is 1.43. The lowest BCUT2D eigenvalue weighted by Crippen LogP contribution is -2.21. The maximum atomic E-state index is 13.3. The first kappa shape index (κ1) is 12.4. The highest BCUT2D eigenvalue weighted by Gasteiger charge is 2.14. The second kappa shape index (κ2) is 5.45. The zero-order valence-corrected chi connectivity index (χ0v) is 9.30. The minimum Gasteiger partial charge on any atom is -0.365 e. The van der Waals surface area contributed by atoms with Gasteiger partial charge in [-0.25, -0.2) is 8.78 Å². The zero-order chi connectivity index (χ0) is 12.1. The molecule has 1 N–H and O–H groups in total. The van der Waals surface area contributed by atoms with E-state index in [0.29, 0.717) is 6.42 Å². The molecule has 1 atom stereocenters. The van der Waals surface area contributed by atoms with Crippen LogP contribution < -0.4 is 5.32 Å². The summed E-state index contributed by atoms with van der Waals surface area (Å²) in [6.45, 7) is 3.90. The number of nitrogens with one attached hydrogen (secondary N) is 1. The molecule has 0 saturated carbocycles. The predicted molar refractivity (Wildman–Crippen MR) is 58.8 cm³/mol. The number of anilines is 1. The van der Waals surface area contributed by atoms with Gasteiger partial charge >= 0.3 is 0 Å². The Kier molecular flexibility index (Phi) is 4.24. The summed E-state index contributed by atoms with van der Waals surface area (Å²) in [4.78, 5) is 0. The molecule has 0 fully saturated rings. The minimum absolute atomic E-state index is 0.227. The van der Waals surface area contributed by atoms with Crippen LogP contribution in [-0.2, 0) is 0 Å². The first-order valence-electron chi connectivity index (χ1n) is 5.14. The topological polar surface area (TPSA) is 35.8 Å². The molecule has 0 aromatic heterocycles. The Morgan fingerprint density at radius 1 is 1.31 bits per heavy atom. The van der Waals surface area contributed by atoms with E-state index in [-0.39, 0.29) is 11.6 Å². The number of nitrogens with zero attached hydrogens (tertiary/aromatic N) is 1. The molecule has 0 radical (unpaired) electrons. The fourth-order valence-corrected chi connectivity index (χ4v) is 1.43. The Hall–Kier alpha value is -1.63. The van der Waals surface area contributed by atoms with Crippen molar-refractivity contribution < 1.29 is 8.78 Å². The molecule has 0 amide bonds. The summed E-state index contributed by atoms with van der Waals surface area (Å²) in [5, 5.41) is 11.4. The quantitative estimate of drug-likeness (QED) is 0.851. The minimum atomic E-state index is -0.677. The lowest BCUT2D eigenvalue weighted by atomic mass is 10.0. The van der Waals surface area contributed by atoms with Gasteiger partial charge in [0.1, 0.15) is 23.4 Å². The van der Waals surface area contributed by atoms with Crippen LogP contribution in [0.2, 0.25) is 0 Å². The van der Waals surface area contributed by atoms with Gasteiger partial charge in [0, 0.05) is 0 Å². The molecule has 1 rings (SSSR count). The standard InChI is InChI=1S/C12H14F2N2/c1-8(2)6-9(7-15)16-12-10(13)4-3-5-11(12)14/h3-5,8-9,16H,6H2,1-2H3. The molecule has 0 bridgehead atoms. The molecule has 16 heavy (non-hydrogen) atoms. The Balaban J connectivity index is 2.83. The van der Waals surface area contributed by atoms with Crippen molar-refractivity contribution in [2.75, 3.05) is 5.32 Å². The van der Waals surface area contributed by atoms with Crippen LogP contribution in [0.4, 0.5) is 14.5 Å². The molecule has 0 aliphatic carbocycles. The molecule has 0 saturated heterocycles. The molecule has 1 unspecified atom stereocenters. The van der Waals surface area contributed by atoms with Gasteiger partial charge in [-0.15, -0.1) is 0 Å². The summed E-state index contributed by atoms with van der Waals surface area (Å²) in [5.41, 5.74) is -0.227. The Labute approximate surface area is 93.9 Å². The summed E-state index contributed by atoms with van der Waals surface area (Å²) in [5.74, 6) is -1.07. The van der Waals surface area contributed by atoms with Crippen LogP contribution in [0.15, 0.2) is 18.2 Å². The molecule has 0 aliphatic rings. The van der Waals surface area contributed by atoms with Gasteiger partial charge < -0.3 is 5.32 Å². The van der Waals surface area contributed by atoms with E-state index in [9.17, 15) is 8.78 Å². The number of hydrogen-bond acceptors (Lipinski definition) is 2. The maximum absolute atomic E-state index is 13.3. The molecule has 0 aliphatic heterocycles. The van der Waals surface area contributed by atoms with Gasteiger partial charge in [-0.3, -0.25) is 0 Å². The molecule has 86 valence electrons. The van der Waals surface area contributed by atoms with Crippen molar-refractivity contribution in [2.45, 2.75) is 26.3 Å². The number of hydrogen-bond donors (Lipinski definition) is 1. The van der Waals surface area contributed by atoms with Crippen molar-refractivity contribution in [1.82, 2.24) is 0 Å². The number of para-hydroxylation sites is 1. The van der Waals surface area contributed by atoms with Crippen LogP contribution in [0, 0.1) is 28.9 Å². The number of benzene rings is 1. The summed E-state index contributed by atoms with van der Waals surface area (Å²) in [7, 11) is 0. The summed E-state index contributed by atoms with van der Waals surface area (Å²) < 4.78 is 26.5. The van der Waals surface area contributed by atoms with Crippen LogP contribution in [0.1, 0.15) is 20.3 Å². The highest BCUT2D eigenvalue weighted by atomic mass is 19.1. The molecule has 0 spiro atoms. The average molecular weight is 224 g/mol. The first-order valence-corrected chi connectivity index (χ1v) is 5.14. The van der Waals surface area contributed by atoms with Crippen LogP contribution in [0.5, 0.6) is 0 Å². The highest BCUT2D eigenvalue weighted by Crippen LogP contribution is 2.20. The van der Waals surface area contributed by atoms with E-state index < -0.39 is 17.7 Å². The first-order chi connectivity index (χ1) is 7.54. The van der Waals surface area contributed by atoms with E-state index in [1.54, 1.807) is 0 Å². The van der Waals surface area contributed by atoms with Gasteiger partial charge in [0.05, 0.1) is 6.07 Å². The van der Waals surface area contributed by atoms with Crippen molar-refractivity contribution >= 4 is 5.69 Å². The van der Waals surface area contributed by atoms with Crippen molar-refractivity contribution in [2.24, 2.45) is 5.92 Å². The van der Waals surface area contributed by atoms with Crippen molar-refractivity contribution in [1.29, 1.82) is 5.26 Å². The fraction of sp³-hybridized carbons (Fsp3) is 0.417. The average Bonchev–Trinajstić information content (AvgIpc) is 2.21. The van der Waals surface area contributed by atoms with E-state index in [0.717, 1.165) is 12.1 Å². The van der Waals surface area contributed by atoms with E-state index in [1.807, 2.05) is 19.9 Å². The van der Waals surface area contributed by atoms with Crippen molar-refractivity contribution in [3.05, 3.63) is 29.8 Å². The summed E-state index contributed by atoms with van der Waals surface area (Å²) in [6, 6.07) is 5.03.